The molecular formula is C43H50ClN5O6. The van der Waals surface area contributed by atoms with Crippen LogP contribution in [-0.2, 0) is 22.5 Å². The maximum atomic E-state index is 14.0. The van der Waals surface area contributed by atoms with Crippen LogP contribution in [0.15, 0.2) is 77.2 Å². The first-order valence-corrected chi connectivity index (χ1v) is 19.0. The molecule has 1 aliphatic rings. The number of nitrogens with zero attached hydrogens (tertiary/aromatic N) is 1. The summed E-state index contributed by atoms with van der Waals surface area (Å²) in [6.07, 6.45) is 2.33. The molecule has 3 aromatic carbocycles. The van der Waals surface area contributed by atoms with Crippen LogP contribution in [0.25, 0.3) is 11.3 Å². The zero-order valence-corrected chi connectivity index (χ0v) is 33.0. The number of nitriles is 1. The SMILES string of the molecule is COc1cc(Cl)c(C(=O)NC(Cc2ccc(C#N)cc2)C(=O)NC2CCC(NC(=O)OC(C)(C)C)CC2)cc1-c1ccc(CNC(C)c2ccc(C)cc2)o1. The van der Waals surface area contributed by atoms with Gasteiger partial charge in [0.15, 0.2) is 0 Å². The van der Waals surface area contributed by atoms with E-state index >= 15 is 0 Å². The number of ether oxygens (including phenoxy) is 2. The monoisotopic (exact) mass is 767 g/mol. The Labute approximate surface area is 328 Å². The minimum atomic E-state index is -0.962. The number of rotatable bonds is 13. The van der Waals surface area contributed by atoms with E-state index in [-0.39, 0.29) is 41.0 Å². The third-order valence-corrected chi connectivity index (χ3v) is 9.87. The van der Waals surface area contributed by atoms with Crippen molar-refractivity contribution in [1.82, 2.24) is 21.3 Å². The van der Waals surface area contributed by atoms with E-state index in [1.54, 1.807) is 36.4 Å². The maximum absolute atomic E-state index is 14.0. The topological polar surface area (TPSA) is 155 Å². The average molecular weight is 768 g/mol. The van der Waals surface area contributed by atoms with Crippen LogP contribution in [0, 0.1) is 18.3 Å². The lowest BCUT2D eigenvalue weighted by Gasteiger charge is -2.31. The number of carbonyl (C=O) groups excluding carboxylic acids is 3. The van der Waals surface area contributed by atoms with Crippen LogP contribution < -0.4 is 26.0 Å². The van der Waals surface area contributed by atoms with Crippen LogP contribution in [0.2, 0.25) is 5.02 Å². The number of hydrogen-bond acceptors (Lipinski definition) is 8. The molecule has 2 unspecified atom stereocenters. The second-order valence-electron chi connectivity index (χ2n) is 15.1. The highest BCUT2D eigenvalue weighted by Crippen LogP contribution is 2.36. The number of amides is 3. The summed E-state index contributed by atoms with van der Waals surface area (Å²) in [5.41, 5.74) is 3.70. The summed E-state index contributed by atoms with van der Waals surface area (Å²) in [6, 6.07) is 23.1. The Kier molecular flexibility index (Phi) is 13.6. The van der Waals surface area contributed by atoms with Crippen LogP contribution in [0.4, 0.5) is 4.79 Å². The van der Waals surface area contributed by atoms with E-state index in [2.05, 4.69) is 65.4 Å². The standard InChI is InChI=1S/C43H50ClN5O6/c1-26-7-13-30(14-8-26)27(2)46-25-33-19-20-38(54-33)35-22-34(36(44)23-39(35)53-6)40(50)49-37(21-28-9-11-29(24-45)12-10-28)41(51)47-31-15-17-32(18-16-31)48-42(52)55-43(3,4)5/h7-14,19-20,22-23,27,31-32,37,46H,15-18,21,25H2,1-6H3,(H,47,51)(H,48,52)(H,49,50). The van der Waals surface area contributed by atoms with Gasteiger partial charge in [0.2, 0.25) is 5.91 Å². The quantitative estimate of drug-likeness (QED) is 0.107. The van der Waals surface area contributed by atoms with Gasteiger partial charge in [0.25, 0.3) is 5.91 Å². The van der Waals surface area contributed by atoms with Gasteiger partial charge in [-0.1, -0.05) is 53.6 Å². The summed E-state index contributed by atoms with van der Waals surface area (Å²) in [5.74, 6) is 0.714. The van der Waals surface area contributed by atoms with Crippen LogP contribution in [-0.4, -0.2) is 48.7 Å². The Morgan fingerprint density at radius 2 is 1.60 bits per heavy atom. The molecule has 55 heavy (non-hydrogen) atoms. The van der Waals surface area contributed by atoms with Gasteiger partial charge < -0.3 is 35.2 Å². The van der Waals surface area contributed by atoms with Crippen molar-refractivity contribution in [2.24, 2.45) is 0 Å². The normalized spacial score (nSPS) is 16.6. The number of benzene rings is 3. The van der Waals surface area contributed by atoms with E-state index in [0.29, 0.717) is 60.6 Å². The van der Waals surface area contributed by atoms with E-state index in [9.17, 15) is 19.6 Å². The fourth-order valence-electron chi connectivity index (χ4n) is 6.49. The van der Waals surface area contributed by atoms with E-state index in [1.165, 1.54) is 18.2 Å². The molecule has 1 aromatic heterocycles. The molecule has 4 aromatic rings. The second-order valence-corrected chi connectivity index (χ2v) is 15.5. The average Bonchev–Trinajstić information content (AvgIpc) is 3.62. The summed E-state index contributed by atoms with van der Waals surface area (Å²) in [7, 11) is 1.52. The predicted molar refractivity (Wildman–Crippen MR) is 212 cm³/mol. The van der Waals surface area contributed by atoms with Crippen molar-refractivity contribution in [3.63, 3.8) is 0 Å². The molecule has 1 heterocycles. The molecule has 11 nitrogen and oxygen atoms in total. The Bertz CT molecular complexity index is 1990. The number of halogens is 1. The number of furan rings is 1. The fraction of sp³-hybridized carbons (Fsp3) is 0.395. The Hall–Kier alpha value is -5.31. The summed E-state index contributed by atoms with van der Waals surface area (Å²) < 4.78 is 17.2. The molecule has 2 atom stereocenters. The number of carbonyl (C=O) groups is 3. The Morgan fingerprint density at radius 3 is 2.22 bits per heavy atom. The van der Waals surface area contributed by atoms with Gasteiger partial charge in [-0.2, -0.15) is 5.26 Å². The molecule has 0 saturated heterocycles. The van der Waals surface area contributed by atoms with E-state index in [4.69, 9.17) is 25.5 Å². The lowest BCUT2D eigenvalue weighted by atomic mass is 9.91. The maximum Gasteiger partial charge on any atom is 0.407 e. The molecule has 0 spiro atoms. The van der Waals surface area contributed by atoms with Gasteiger partial charge in [0.1, 0.15) is 28.9 Å². The third-order valence-electron chi connectivity index (χ3n) is 9.56. The van der Waals surface area contributed by atoms with Crippen LogP contribution in [0.1, 0.15) is 97.8 Å². The van der Waals surface area contributed by atoms with Crippen molar-refractivity contribution in [2.75, 3.05) is 7.11 Å². The number of methoxy groups -OCH3 is 1. The summed E-state index contributed by atoms with van der Waals surface area (Å²) in [5, 5.41) is 21.9. The second kappa shape index (κ2) is 18.3. The molecule has 12 heteroatoms. The molecule has 1 fully saturated rings. The van der Waals surface area contributed by atoms with E-state index < -0.39 is 23.6 Å². The molecule has 3 amide bonds. The van der Waals surface area contributed by atoms with E-state index in [0.717, 1.165) is 5.56 Å². The minimum Gasteiger partial charge on any atom is -0.496 e. The van der Waals surface area contributed by atoms with Crippen LogP contribution in [0.5, 0.6) is 5.75 Å². The van der Waals surface area contributed by atoms with Crippen molar-refractivity contribution in [1.29, 1.82) is 5.26 Å². The highest BCUT2D eigenvalue weighted by atomic mass is 35.5. The molecule has 4 N–H and O–H groups in total. The van der Waals surface area contributed by atoms with Gasteiger partial charge in [-0.25, -0.2) is 4.79 Å². The van der Waals surface area contributed by atoms with Gasteiger partial charge in [0, 0.05) is 30.6 Å². The fourth-order valence-corrected chi connectivity index (χ4v) is 6.73. The lowest BCUT2D eigenvalue weighted by molar-refractivity contribution is -0.123. The minimum absolute atomic E-state index is 0.0627. The molecule has 0 bridgehead atoms. The Balaban J connectivity index is 1.29. The van der Waals surface area contributed by atoms with E-state index in [1.807, 2.05) is 32.9 Å². The van der Waals surface area contributed by atoms with Crippen LogP contribution >= 0.6 is 11.6 Å². The number of nitrogens with one attached hydrogen (secondary N) is 4. The van der Waals surface area contributed by atoms with Gasteiger partial charge in [-0.05, 0) is 102 Å². The molecule has 1 aliphatic carbocycles. The van der Waals surface area contributed by atoms with Crippen molar-refractivity contribution in [2.45, 2.75) is 103 Å². The Morgan fingerprint density at radius 1 is 0.945 bits per heavy atom. The number of alkyl carbamates (subject to hydrolysis) is 1. The largest absolute Gasteiger partial charge is 0.496 e. The lowest BCUT2D eigenvalue weighted by Crippen LogP contribution is -2.52. The smallest absolute Gasteiger partial charge is 0.407 e. The highest BCUT2D eigenvalue weighted by Gasteiger charge is 2.30. The first kappa shape index (κ1) is 40.9. The molecule has 1 saturated carbocycles. The number of hydrogen-bond donors (Lipinski definition) is 4. The summed E-state index contributed by atoms with van der Waals surface area (Å²) in [6.45, 7) is 10.1. The zero-order chi connectivity index (χ0) is 39.7. The predicted octanol–water partition coefficient (Wildman–Crippen LogP) is 7.93. The molecular weight excluding hydrogens is 718 g/mol. The number of aryl methyl sites for hydroxylation is 1. The van der Waals surface area contributed by atoms with Gasteiger partial charge >= 0.3 is 6.09 Å². The van der Waals surface area contributed by atoms with Crippen molar-refractivity contribution < 1.29 is 28.3 Å². The highest BCUT2D eigenvalue weighted by molar-refractivity contribution is 6.34. The van der Waals surface area contributed by atoms with Gasteiger partial charge in [-0.3, -0.25) is 9.59 Å². The first-order chi connectivity index (χ1) is 26.2. The van der Waals surface area contributed by atoms with Crippen molar-refractivity contribution in [3.05, 3.63) is 111 Å². The first-order valence-electron chi connectivity index (χ1n) is 18.6. The van der Waals surface area contributed by atoms with Crippen molar-refractivity contribution in [3.8, 4) is 23.1 Å². The summed E-state index contributed by atoms with van der Waals surface area (Å²) >= 11 is 6.67. The zero-order valence-electron chi connectivity index (χ0n) is 32.3. The molecule has 290 valence electrons. The van der Waals surface area contributed by atoms with Crippen molar-refractivity contribution >= 4 is 29.5 Å². The van der Waals surface area contributed by atoms with Gasteiger partial charge in [0.05, 0.1) is 41.4 Å². The molecule has 0 radical (unpaired) electrons. The molecule has 0 aliphatic heterocycles. The summed E-state index contributed by atoms with van der Waals surface area (Å²) in [4.78, 5) is 40.1. The third kappa shape index (κ3) is 11.6. The molecule has 5 rings (SSSR count). The van der Waals surface area contributed by atoms with Gasteiger partial charge in [-0.15, -0.1) is 0 Å². The van der Waals surface area contributed by atoms with Crippen LogP contribution in [0.3, 0.4) is 0 Å².